The van der Waals surface area contributed by atoms with Crippen molar-refractivity contribution >= 4 is 11.5 Å². The van der Waals surface area contributed by atoms with E-state index in [2.05, 4.69) is 81.0 Å². The highest BCUT2D eigenvalue weighted by Gasteiger charge is 2.24. The quantitative estimate of drug-likeness (QED) is 0.334. The summed E-state index contributed by atoms with van der Waals surface area (Å²) in [7, 11) is 0. The highest BCUT2D eigenvalue weighted by molar-refractivity contribution is 5.43. The summed E-state index contributed by atoms with van der Waals surface area (Å²) in [6, 6.07) is 25.2. The van der Waals surface area contributed by atoms with E-state index in [9.17, 15) is 0 Å². The molecule has 0 spiro atoms. The van der Waals surface area contributed by atoms with Crippen LogP contribution in [0.3, 0.4) is 0 Å². The first-order chi connectivity index (χ1) is 16.8. The molecule has 0 radical (unpaired) electrons. The number of likely N-dealkylation sites (tertiary alicyclic amines) is 1. The van der Waals surface area contributed by atoms with Crippen molar-refractivity contribution < 1.29 is 4.74 Å². The fourth-order valence-corrected chi connectivity index (χ4v) is 4.65. The second-order valence-electron chi connectivity index (χ2n) is 8.96. The Labute approximate surface area is 201 Å². The van der Waals surface area contributed by atoms with E-state index in [0.29, 0.717) is 6.10 Å². The van der Waals surface area contributed by atoms with Gasteiger partial charge in [-0.1, -0.05) is 60.7 Å². The van der Waals surface area contributed by atoms with Crippen LogP contribution in [0.15, 0.2) is 85.2 Å². The average molecular weight is 456 g/mol. The molecule has 1 aliphatic rings. The topological polar surface area (TPSA) is 54.7 Å². The smallest absolute Gasteiger partial charge is 0.153 e. The van der Waals surface area contributed by atoms with Crippen LogP contribution in [0.1, 0.15) is 42.9 Å². The lowest BCUT2D eigenvalue weighted by Crippen LogP contribution is -2.38. The van der Waals surface area contributed by atoms with Crippen molar-refractivity contribution in [2.45, 2.75) is 37.9 Å². The number of unbranched alkanes of at least 4 members (excludes halogenated alkanes) is 1. The summed E-state index contributed by atoms with van der Waals surface area (Å²) >= 11 is 0. The lowest BCUT2D eigenvalue weighted by atomic mass is 10.00. The van der Waals surface area contributed by atoms with Crippen molar-refractivity contribution in [2.24, 2.45) is 0 Å². The zero-order valence-electron chi connectivity index (χ0n) is 19.6. The highest BCUT2D eigenvalue weighted by atomic mass is 16.5. The van der Waals surface area contributed by atoms with Crippen molar-refractivity contribution in [3.63, 3.8) is 0 Å². The monoisotopic (exact) mass is 455 g/mol. The molecule has 6 heteroatoms. The number of fused-ring (bicyclic) bond motifs is 1. The molecule has 0 aliphatic carbocycles. The van der Waals surface area contributed by atoms with E-state index < -0.39 is 0 Å². The van der Waals surface area contributed by atoms with Crippen LogP contribution in [0.5, 0.6) is 0 Å². The van der Waals surface area contributed by atoms with Gasteiger partial charge in [-0.3, -0.25) is 0 Å². The van der Waals surface area contributed by atoms with Crippen LogP contribution in [0.4, 0.5) is 5.82 Å². The molecule has 1 N–H and O–H groups in total. The predicted octanol–water partition coefficient (Wildman–Crippen LogP) is 5.19. The number of nitrogens with one attached hydrogen (secondary N) is 1. The molecule has 0 bridgehead atoms. The lowest BCUT2D eigenvalue weighted by molar-refractivity contribution is -0.0270. The predicted molar refractivity (Wildman–Crippen MR) is 136 cm³/mol. The molecular weight excluding hydrogens is 422 g/mol. The summed E-state index contributed by atoms with van der Waals surface area (Å²) in [6.45, 7) is 4.28. The number of piperidine rings is 1. The first kappa shape index (κ1) is 22.6. The number of anilines is 1. The molecular formula is C28H33N5O. The Kier molecular flexibility index (Phi) is 7.48. The lowest BCUT2D eigenvalue weighted by Gasteiger charge is -2.34. The van der Waals surface area contributed by atoms with Crippen LogP contribution in [0.25, 0.3) is 5.65 Å². The minimum Gasteiger partial charge on any atom is -0.369 e. The number of imidazole rings is 1. The number of rotatable bonds is 10. The van der Waals surface area contributed by atoms with E-state index in [1.807, 2.05) is 18.3 Å². The second kappa shape index (κ2) is 11.3. The second-order valence-corrected chi connectivity index (χ2v) is 8.96. The van der Waals surface area contributed by atoms with E-state index in [1.165, 1.54) is 17.5 Å². The largest absolute Gasteiger partial charge is 0.369 e. The molecule has 2 aromatic carbocycles. The number of ether oxygens (including phenoxy) is 1. The average Bonchev–Trinajstić information content (AvgIpc) is 3.37. The minimum absolute atomic E-state index is 0.000164. The van der Waals surface area contributed by atoms with Gasteiger partial charge in [0.15, 0.2) is 5.65 Å². The molecule has 0 unspecified atom stereocenters. The zero-order valence-corrected chi connectivity index (χ0v) is 19.6. The Morgan fingerprint density at radius 2 is 1.59 bits per heavy atom. The molecule has 0 saturated carbocycles. The molecule has 2 aromatic heterocycles. The van der Waals surface area contributed by atoms with Gasteiger partial charge in [-0.25, -0.2) is 9.50 Å². The van der Waals surface area contributed by atoms with Gasteiger partial charge in [-0.05, 0) is 55.5 Å². The maximum atomic E-state index is 6.68. The summed E-state index contributed by atoms with van der Waals surface area (Å²) < 4.78 is 8.48. The third-order valence-corrected chi connectivity index (χ3v) is 6.53. The summed E-state index contributed by atoms with van der Waals surface area (Å²) in [6.07, 6.45) is 8.42. The molecule has 0 amide bonds. The van der Waals surface area contributed by atoms with E-state index in [-0.39, 0.29) is 6.10 Å². The van der Waals surface area contributed by atoms with Gasteiger partial charge in [0.1, 0.15) is 11.9 Å². The highest BCUT2D eigenvalue weighted by Crippen LogP contribution is 2.30. The van der Waals surface area contributed by atoms with Gasteiger partial charge in [0, 0.05) is 32.0 Å². The molecule has 3 heterocycles. The fraction of sp³-hybridized carbons (Fsp3) is 0.357. The van der Waals surface area contributed by atoms with E-state index in [4.69, 9.17) is 4.74 Å². The van der Waals surface area contributed by atoms with Crippen molar-refractivity contribution in [3.05, 3.63) is 96.3 Å². The van der Waals surface area contributed by atoms with Crippen molar-refractivity contribution in [2.75, 3.05) is 31.5 Å². The number of hydrogen-bond acceptors (Lipinski definition) is 5. The SMILES string of the molecule is c1ccc(C(OC2CCN(CCCCNc3ccc4nccn4n3)CC2)c2ccccc2)cc1. The van der Waals surface area contributed by atoms with Crippen molar-refractivity contribution in [1.82, 2.24) is 19.5 Å². The normalized spacial score (nSPS) is 15.2. The summed E-state index contributed by atoms with van der Waals surface area (Å²) in [4.78, 5) is 6.81. The summed E-state index contributed by atoms with van der Waals surface area (Å²) in [5, 5.41) is 7.94. The van der Waals surface area contributed by atoms with Gasteiger partial charge in [-0.2, -0.15) is 0 Å². The van der Waals surface area contributed by atoms with E-state index >= 15 is 0 Å². The van der Waals surface area contributed by atoms with Crippen LogP contribution in [0, 0.1) is 0 Å². The molecule has 1 saturated heterocycles. The number of benzene rings is 2. The van der Waals surface area contributed by atoms with Gasteiger partial charge < -0.3 is 15.0 Å². The third-order valence-electron chi connectivity index (χ3n) is 6.53. The standard InChI is InChI=1S/C28H33N5O/c1-3-9-23(10-4-1)28(24-11-5-2-6-12-24)34-25-15-20-32(21-16-25)19-8-7-17-29-26-13-14-27-30-18-22-33(27)31-26/h1-6,9-14,18,22,25,28H,7-8,15-17,19-21H2,(H,29,31). The Morgan fingerprint density at radius 3 is 2.29 bits per heavy atom. The Bertz CT molecular complexity index is 1100. The molecule has 1 aliphatic heterocycles. The van der Waals surface area contributed by atoms with Crippen LogP contribution < -0.4 is 5.32 Å². The first-order valence-corrected chi connectivity index (χ1v) is 12.4. The number of nitrogens with zero attached hydrogens (tertiary/aromatic N) is 4. The van der Waals surface area contributed by atoms with Crippen LogP contribution in [0.2, 0.25) is 0 Å². The van der Waals surface area contributed by atoms with Gasteiger partial charge in [0.25, 0.3) is 0 Å². The molecule has 4 aromatic rings. The molecule has 5 rings (SSSR count). The molecule has 6 nitrogen and oxygen atoms in total. The Hall–Kier alpha value is -3.22. The Balaban J connectivity index is 1.04. The van der Waals surface area contributed by atoms with Crippen LogP contribution in [-0.2, 0) is 4.74 Å². The van der Waals surface area contributed by atoms with E-state index in [1.54, 1.807) is 10.7 Å². The van der Waals surface area contributed by atoms with Gasteiger partial charge in [0.05, 0.1) is 6.10 Å². The maximum absolute atomic E-state index is 6.68. The minimum atomic E-state index is 0.000164. The molecule has 0 atom stereocenters. The number of aromatic nitrogens is 3. The van der Waals surface area contributed by atoms with E-state index in [0.717, 1.165) is 56.9 Å². The van der Waals surface area contributed by atoms with Gasteiger partial charge in [0.2, 0.25) is 0 Å². The van der Waals surface area contributed by atoms with Crippen molar-refractivity contribution in [3.8, 4) is 0 Å². The van der Waals surface area contributed by atoms with Gasteiger partial charge in [-0.15, -0.1) is 5.10 Å². The van der Waals surface area contributed by atoms with Crippen LogP contribution in [-0.4, -0.2) is 51.8 Å². The molecule has 176 valence electrons. The van der Waals surface area contributed by atoms with Crippen LogP contribution >= 0.6 is 0 Å². The maximum Gasteiger partial charge on any atom is 0.153 e. The summed E-state index contributed by atoms with van der Waals surface area (Å²) in [5.74, 6) is 0.898. The zero-order chi connectivity index (χ0) is 23.0. The number of hydrogen-bond donors (Lipinski definition) is 1. The van der Waals surface area contributed by atoms with Crippen molar-refractivity contribution in [1.29, 1.82) is 0 Å². The fourth-order valence-electron chi connectivity index (χ4n) is 4.65. The Morgan fingerprint density at radius 1 is 0.882 bits per heavy atom. The first-order valence-electron chi connectivity index (χ1n) is 12.4. The summed E-state index contributed by atoms with van der Waals surface area (Å²) in [5.41, 5.74) is 3.33. The third kappa shape index (κ3) is 5.82. The van der Waals surface area contributed by atoms with Gasteiger partial charge >= 0.3 is 0 Å². The molecule has 1 fully saturated rings. The molecule has 34 heavy (non-hydrogen) atoms.